The highest BCUT2D eigenvalue weighted by atomic mass is 35.5. The summed E-state index contributed by atoms with van der Waals surface area (Å²) in [7, 11) is 1.63. The summed E-state index contributed by atoms with van der Waals surface area (Å²) in [6, 6.07) is 17.6. The van der Waals surface area contributed by atoms with Crippen LogP contribution in [-0.2, 0) is 11.3 Å². The lowest BCUT2D eigenvalue weighted by atomic mass is 10.0. The molecule has 0 saturated carbocycles. The van der Waals surface area contributed by atoms with Crippen LogP contribution >= 0.6 is 11.6 Å². The van der Waals surface area contributed by atoms with Gasteiger partial charge in [-0.05, 0) is 35.0 Å². The number of nitrogens with one attached hydrogen (secondary N) is 1. The third kappa shape index (κ3) is 3.44. The van der Waals surface area contributed by atoms with Crippen LogP contribution in [0.3, 0.4) is 0 Å². The first-order chi connectivity index (χ1) is 13.7. The van der Waals surface area contributed by atoms with E-state index < -0.39 is 0 Å². The van der Waals surface area contributed by atoms with Crippen molar-refractivity contribution < 1.29 is 9.53 Å². The number of benzene rings is 2. The van der Waals surface area contributed by atoms with Crippen molar-refractivity contribution in [2.45, 2.75) is 6.54 Å². The molecule has 1 amide bonds. The van der Waals surface area contributed by atoms with Gasteiger partial charge in [0.05, 0.1) is 12.8 Å². The summed E-state index contributed by atoms with van der Waals surface area (Å²) < 4.78 is 7.30. The maximum Gasteiger partial charge on any atom is 0.244 e. The molecule has 0 aliphatic carbocycles. The second-order valence-corrected chi connectivity index (χ2v) is 6.59. The van der Waals surface area contributed by atoms with E-state index >= 15 is 0 Å². The molecular weight excluding hydrogens is 374 g/mol. The maximum atomic E-state index is 12.4. The first-order valence-electron chi connectivity index (χ1n) is 8.80. The molecule has 0 bridgehead atoms. The number of methoxy groups -OCH3 is 1. The molecule has 6 heteroatoms. The molecular formula is C22H18ClN3O2. The van der Waals surface area contributed by atoms with Crippen molar-refractivity contribution in [3.63, 3.8) is 0 Å². The summed E-state index contributed by atoms with van der Waals surface area (Å²) in [6.07, 6.45) is 4.98. The van der Waals surface area contributed by atoms with E-state index in [1.165, 1.54) is 6.08 Å². The number of hydrogen-bond acceptors (Lipinski definition) is 3. The number of nitrogens with zero attached hydrogens (tertiary/aromatic N) is 2. The van der Waals surface area contributed by atoms with Crippen molar-refractivity contribution in [2.24, 2.45) is 0 Å². The van der Waals surface area contributed by atoms with E-state index in [1.54, 1.807) is 13.2 Å². The van der Waals surface area contributed by atoms with Crippen LogP contribution in [0.1, 0.15) is 11.3 Å². The molecule has 4 aromatic rings. The predicted octanol–water partition coefficient (Wildman–Crippen LogP) is 4.48. The normalized spacial score (nSPS) is 11.4. The average molecular weight is 392 g/mol. The van der Waals surface area contributed by atoms with Gasteiger partial charge in [-0.3, -0.25) is 9.20 Å². The van der Waals surface area contributed by atoms with Crippen LogP contribution in [-0.4, -0.2) is 22.4 Å². The van der Waals surface area contributed by atoms with Crippen LogP contribution < -0.4 is 10.1 Å². The van der Waals surface area contributed by atoms with Gasteiger partial charge in [-0.1, -0.05) is 48.0 Å². The van der Waals surface area contributed by atoms with Crippen LogP contribution in [0, 0.1) is 0 Å². The zero-order valence-corrected chi connectivity index (χ0v) is 16.0. The van der Waals surface area contributed by atoms with Crippen LogP contribution in [0.2, 0.25) is 5.15 Å². The molecule has 5 nitrogen and oxygen atoms in total. The summed E-state index contributed by atoms with van der Waals surface area (Å²) in [6.45, 7) is 0.356. The zero-order valence-electron chi connectivity index (χ0n) is 15.2. The Morgan fingerprint density at radius 2 is 2.00 bits per heavy atom. The smallest absolute Gasteiger partial charge is 0.244 e. The number of halogens is 1. The average Bonchev–Trinajstić information content (AvgIpc) is 3.05. The van der Waals surface area contributed by atoms with Gasteiger partial charge in [0.2, 0.25) is 5.91 Å². The van der Waals surface area contributed by atoms with Gasteiger partial charge in [0, 0.05) is 24.4 Å². The van der Waals surface area contributed by atoms with Gasteiger partial charge in [-0.25, -0.2) is 4.98 Å². The minimum absolute atomic E-state index is 0.225. The largest absolute Gasteiger partial charge is 0.496 e. The molecule has 0 spiro atoms. The van der Waals surface area contributed by atoms with E-state index in [0.717, 1.165) is 27.7 Å². The number of imidazole rings is 1. The Labute approximate surface area is 167 Å². The topological polar surface area (TPSA) is 55.6 Å². The molecule has 0 aliphatic heterocycles. The predicted molar refractivity (Wildman–Crippen MR) is 112 cm³/mol. The van der Waals surface area contributed by atoms with Crippen molar-refractivity contribution in [1.29, 1.82) is 0 Å². The molecule has 2 aromatic carbocycles. The Bertz CT molecular complexity index is 1200. The van der Waals surface area contributed by atoms with Gasteiger partial charge >= 0.3 is 0 Å². The number of ether oxygens (including phenoxy) is 1. The van der Waals surface area contributed by atoms with Crippen molar-refractivity contribution >= 4 is 40.0 Å². The third-order valence-corrected chi connectivity index (χ3v) is 4.85. The van der Waals surface area contributed by atoms with Gasteiger partial charge in [-0.2, -0.15) is 0 Å². The Morgan fingerprint density at radius 3 is 2.86 bits per heavy atom. The molecule has 0 aliphatic rings. The van der Waals surface area contributed by atoms with Gasteiger partial charge in [0.1, 0.15) is 11.4 Å². The molecule has 0 saturated heterocycles. The SMILES string of the molecule is COc1ccc2ccccc2c1CNC(=O)C=Cc1c(Cl)nc2ccccn12. The number of rotatable bonds is 5. The second kappa shape index (κ2) is 7.74. The fourth-order valence-corrected chi connectivity index (χ4v) is 3.45. The molecule has 2 heterocycles. The minimum atomic E-state index is -0.225. The molecule has 2 aromatic heterocycles. The lowest BCUT2D eigenvalue weighted by molar-refractivity contribution is -0.116. The van der Waals surface area contributed by atoms with Gasteiger partial charge in [0.25, 0.3) is 0 Å². The Morgan fingerprint density at radius 1 is 1.18 bits per heavy atom. The summed E-state index contributed by atoms with van der Waals surface area (Å²) in [4.78, 5) is 16.7. The summed E-state index contributed by atoms with van der Waals surface area (Å²) in [5.41, 5.74) is 2.33. The van der Waals surface area contributed by atoms with Crippen LogP contribution in [0.5, 0.6) is 5.75 Å². The van der Waals surface area contributed by atoms with E-state index in [1.807, 2.05) is 65.2 Å². The van der Waals surface area contributed by atoms with E-state index in [4.69, 9.17) is 16.3 Å². The number of aromatic nitrogens is 2. The number of pyridine rings is 1. The van der Waals surface area contributed by atoms with Gasteiger partial charge in [0.15, 0.2) is 5.15 Å². The lowest BCUT2D eigenvalue weighted by Gasteiger charge is -2.12. The first kappa shape index (κ1) is 18.1. The number of carbonyl (C=O) groups excluding carboxylic acids is 1. The molecule has 140 valence electrons. The van der Waals surface area contributed by atoms with Gasteiger partial charge < -0.3 is 10.1 Å². The van der Waals surface area contributed by atoms with Crippen molar-refractivity contribution in [1.82, 2.24) is 14.7 Å². The highest BCUT2D eigenvalue weighted by molar-refractivity contribution is 6.31. The highest BCUT2D eigenvalue weighted by Gasteiger charge is 2.10. The van der Waals surface area contributed by atoms with Crippen LogP contribution in [0.15, 0.2) is 66.9 Å². The van der Waals surface area contributed by atoms with Gasteiger partial charge in [-0.15, -0.1) is 0 Å². The van der Waals surface area contributed by atoms with E-state index in [2.05, 4.69) is 10.3 Å². The van der Waals surface area contributed by atoms with E-state index in [0.29, 0.717) is 17.4 Å². The molecule has 0 atom stereocenters. The number of amides is 1. The molecule has 28 heavy (non-hydrogen) atoms. The minimum Gasteiger partial charge on any atom is -0.496 e. The molecule has 0 unspecified atom stereocenters. The van der Waals surface area contributed by atoms with Crippen LogP contribution in [0.25, 0.3) is 22.5 Å². The number of fused-ring (bicyclic) bond motifs is 2. The van der Waals surface area contributed by atoms with E-state index in [-0.39, 0.29) is 5.91 Å². The standard InChI is InChI=1S/C22H18ClN3O2/c1-28-19-11-9-15-6-2-3-7-16(15)17(19)14-24-21(27)12-10-18-22(23)25-20-8-4-5-13-26(18)20/h2-13H,14H2,1H3,(H,24,27). The van der Waals surface area contributed by atoms with E-state index in [9.17, 15) is 4.79 Å². The lowest BCUT2D eigenvalue weighted by Crippen LogP contribution is -2.20. The third-order valence-electron chi connectivity index (χ3n) is 4.57. The van der Waals surface area contributed by atoms with Crippen LogP contribution in [0.4, 0.5) is 0 Å². The summed E-state index contributed by atoms with van der Waals surface area (Å²) in [5, 5.41) is 5.42. The molecule has 1 N–H and O–H groups in total. The number of carbonyl (C=O) groups is 1. The molecule has 4 rings (SSSR count). The summed E-state index contributed by atoms with van der Waals surface area (Å²) in [5.74, 6) is 0.518. The quantitative estimate of drug-likeness (QED) is 0.510. The highest BCUT2D eigenvalue weighted by Crippen LogP contribution is 2.27. The Kier molecular flexibility index (Phi) is 5.00. The maximum absolute atomic E-state index is 12.4. The molecule has 0 fully saturated rings. The number of hydrogen-bond donors (Lipinski definition) is 1. The van der Waals surface area contributed by atoms with Crippen molar-refractivity contribution in [3.8, 4) is 5.75 Å². The molecule has 0 radical (unpaired) electrons. The fraction of sp³-hybridized carbons (Fsp3) is 0.0909. The monoisotopic (exact) mass is 391 g/mol. The Hall–Kier alpha value is -3.31. The Balaban J connectivity index is 1.54. The van der Waals surface area contributed by atoms with Crippen molar-refractivity contribution in [3.05, 3.63) is 83.3 Å². The fourth-order valence-electron chi connectivity index (χ4n) is 3.21. The second-order valence-electron chi connectivity index (χ2n) is 6.24. The first-order valence-corrected chi connectivity index (χ1v) is 9.18. The zero-order chi connectivity index (χ0) is 19.5. The summed E-state index contributed by atoms with van der Waals surface area (Å²) >= 11 is 6.20. The van der Waals surface area contributed by atoms with Crippen molar-refractivity contribution in [2.75, 3.05) is 7.11 Å².